The Morgan fingerprint density at radius 3 is 2.77 bits per heavy atom. The molecule has 1 aromatic carbocycles. The third kappa shape index (κ3) is 4.90. The molecule has 0 atom stereocenters. The van der Waals surface area contributed by atoms with Gasteiger partial charge in [0.05, 0.1) is 54.9 Å². The molecular formula is C28H29N9O6S. The highest BCUT2D eigenvalue weighted by Crippen LogP contribution is 2.39. The van der Waals surface area contributed by atoms with Crippen LogP contribution < -0.4 is 14.4 Å². The lowest BCUT2D eigenvalue weighted by molar-refractivity contribution is -0.0763. The Morgan fingerprint density at radius 2 is 2.00 bits per heavy atom. The van der Waals surface area contributed by atoms with Crippen molar-refractivity contribution in [3.63, 3.8) is 0 Å². The first-order chi connectivity index (χ1) is 21.2. The van der Waals surface area contributed by atoms with Crippen LogP contribution in [0.15, 0.2) is 55.1 Å². The molecule has 44 heavy (non-hydrogen) atoms. The van der Waals surface area contributed by atoms with Crippen molar-refractivity contribution in [3.8, 4) is 22.7 Å². The Balaban J connectivity index is 1.34. The predicted molar refractivity (Wildman–Crippen MR) is 159 cm³/mol. The summed E-state index contributed by atoms with van der Waals surface area (Å²) in [6.07, 6.45) is 7.44. The molecule has 7 rings (SSSR count). The topological polar surface area (TPSA) is 169 Å². The van der Waals surface area contributed by atoms with Crippen molar-refractivity contribution in [2.45, 2.75) is 12.1 Å². The number of hydrogen-bond acceptors (Lipinski definition) is 11. The van der Waals surface area contributed by atoms with Crippen molar-refractivity contribution >= 4 is 38.5 Å². The van der Waals surface area contributed by atoms with Gasteiger partial charge in [0.25, 0.3) is 0 Å². The molecule has 4 aromatic heterocycles. The fourth-order valence-corrected chi connectivity index (χ4v) is 6.20. The van der Waals surface area contributed by atoms with Crippen LogP contribution in [-0.4, -0.2) is 106 Å². The van der Waals surface area contributed by atoms with E-state index in [0.29, 0.717) is 76.8 Å². The zero-order valence-corrected chi connectivity index (χ0v) is 24.7. The molecule has 0 aliphatic carbocycles. The lowest BCUT2D eigenvalue weighted by atomic mass is 9.94. The number of carbonyl (C=O) groups excluding carboxylic acids is 1. The summed E-state index contributed by atoms with van der Waals surface area (Å²) in [5.74, 6) is 0.827. The molecule has 0 unspecified atom stereocenters. The maximum atomic E-state index is 13.2. The number of hydrogen-bond donors (Lipinski definition) is 2. The van der Waals surface area contributed by atoms with Gasteiger partial charge in [-0.1, -0.05) is 6.07 Å². The SMILES string of the molecule is COc1cc(CNS(C)(=O)=O)ccc1-n1nc(N2CC3(CN(CCO)C3)OC2=O)c2cnc(-c3cnn4cccnc34)cc21. The molecule has 1 amide bonds. The number of nitrogens with one attached hydrogen (secondary N) is 1. The van der Waals surface area contributed by atoms with Gasteiger partial charge in [0.1, 0.15) is 11.4 Å². The molecule has 0 bridgehead atoms. The van der Waals surface area contributed by atoms with Crippen LogP contribution in [0.2, 0.25) is 0 Å². The predicted octanol–water partition coefficient (Wildman–Crippen LogP) is 1.19. The maximum absolute atomic E-state index is 13.2. The highest BCUT2D eigenvalue weighted by molar-refractivity contribution is 7.88. The Labute approximate surface area is 251 Å². The van der Waals surface area contributed by atoms with E-state index >= 15 is 0 Å². The summed E-state index contributed by atoms with van der Waals surface area (Å²) in [4.78, 5) is 25.9. The van der Waals surface area contributed by atoms with Crippen molar-refractivity contribution in [1.82, 2.24) is 39.0 Å². The number of aromatic nitrogens is 6. The number of fused-ring (bicyclic) bond motifs is 2. The number of nitrogens with zero attached hydrogens (tertiary/aromatic N) is 8. The summed E-state index contributed by atoms with van der Waals surface area (Å²) >= 11 is 0. The molecular weight excluding hydrogens is 590 g/mol. The lowest BCUT2D eigenvalue weighted by Gasteiger charge is -2.45. The number of rotatable bonds is 9. The van der Waals surface area contributed by atoms with Gasteiger partial charge < -0.3 is 14.6 Å². The fraction of sp³-hybridized carbons (Fsp3) is 0.321. The van der Waals surface area contributed by atoms with Gasteiger partial charge in [-0.15, -0.1) is 5.10 Å². The van der Waals surface area contributed by atoms with E-state index in [1.54, 1.807) is 58.3 Å². The van der Waals surface area contributed by atoms with E-state index in [-0.39, 0.29) is 13.2 Å². The number of benzene rings is 1. The minimum atomic E-state index is -3.39. The Bertz CT molecular complexity index is 2020. The first-order valence-corrected chi connectivity index (χ1v) is 15.7. The highest BCUT2D eigenvalue weighted by Gasteiger charge is 2.54. The summed E-state index contributed by atoms with van der Waals surface area (Å²) in [6.45, 7) is 1.98. The molecule has 228 valence electrons. The van der Waals surface area contributed by atoms with Gasteiger partial charge in [-0.25, -0.2) is 32.1 Å². The number of β-amino-alcohol motifs (C(OH)–C–C–N with tert-alkyl or cyclic N) is 1. The van der Waals surface area contributed by atoms with E-state index in [4.69, 9.17) is 19.6 Å². The van der Waals surface area contributed by atoms with Gasteiger partial charge in [0.2, 0.25) is 10.0 Å². The maximum Gasteiger partial charge on any atom is 0.416 e. The summed E-state index contributed by atoms with van der Waals surface area (Å²) in [5.41, 5.74) is 3.18. The van der Waals surface area contributed by atoms with Gasteiger partial charge in [-0.2, -0.15) is 5.10 Å². The molecule has 15 nitrogen and oxygen atoms in total. The largest absolute Gasteiger partial charge is 0.494 e. The van der Waals surface area contributed by atoms with Crippen LogP contribution in [0, 0.1) is 0 Å². The van der Waals surface area contributed by atoms with Crippen molar-refractivity contribution < 1.29 is 27.8 Å². The van der Waals surface area contributed by atoms with Crippen molar-refractivity contribution in [2.75, 3.05) is 51.1 Å². The van der Waals surface area contributed by atoms with Crippen molar-refractivity contribution in [3.05, 3.63) is 60.7 Å². The van der Waals surface area contributed by atoms with Crippen LogP contribution in [0.5, 0.6) is 5.75 Å². The standard InChI is InChI=1S/C28H29N9O6S/c1-42-24-10-18(12-32-44(2,40)41)4-5-22(24)37-23-11-21(19-14-31-36-7-3-6-29-25(19)36)30-13-20(23)26(33-37)35-17-28(43-27(35)39)15-34(16-28)8-9-38/h3-7,10-11,13-14,32,38H,8-9,12,15-17H2,1-2H3. The van der Waals surface area contributed by atoms with Crippen LogP contribution >= 0.6 is 0 Å². The summed E-state index contributed by atoms with van der Waals surface area (Å²) in [6, 6.07) is 8.95. The number of carbonyl (C=O) groups is 1. The van der Waals surface area contributed by atoms with Gasteiger partial charge in [0, 0.05) is 44.8 Å². The molecule has 1 spiro atoms. The second kappa shape index (κ2) is 10.5. The Hall–Kier alpha value is -4.64. The minimum Gasteiger partial charge on any atom is -0.494 e. The quantitative estimate of drug-likeness (QED) is 0.243. The van der Waals surface area contributed by atoms with Crippen molar-refractivity contribution in [2.24, 2.45) is 0 Å². The third-order valence-electron chi connectivity index (χ3n) is 7.78. The van der Waals surface area contributed by atoms with E-state index in [9.17, 15) is 18.3 Å². The molecule has 6 heterocycles. The first-order valence-electron chi connectivity index (χ1n) is 13.8. The number of pyridine rings is 1. The third-order valence-corrected chi connectivity index (χ3v) is 8.45. The molecule has 2 aliphatic rings. The second-order valence-electron chi connectivity index (χ2n) is 10.9. The fourth-order valence-electron chi connectivity index (χ4n) is 5.77. The van der Waals surface area contributed by atoms with Gasteiger partial charge in [-0.3, -0.25) is 14.8 Å². The van der Waals surface area contributed by atoms with Gasteiger partial charge in [0.15, 0.2) is 17.1 Å². The minimum absolute atomic E-state index is 0.0317. The monoisotopic (exact) mass is 619 g/mol. The smallest absolute Gasteiger partial charge is 0.416 e. The molecule has 2 N–H and O–H groups in total. The molecule has 0 radical (unpaired) electrons. The van der Waals surface area contributed by atoms with Crippen LogP contribution in [-0.2, 0) is 21.3 Å². The van der Waals surface area contributed by atoms with E-state index in [1.807, 2.05) is 11.0 Å². The van der Waals surface area contributed by atoms with Crippen LogP contribution in [0.3, 0.4) is 0 Å². The number of amides is 1. The Kier molecular flexibility index (Phi) is 6.73. The van der Waals surface area contributed by atoms with E-state index < -0.39 is 21.7 Å². The zero-order valence-electron chi connectivity index (χ0n) is 23.9. The summed E-state index contributed by atoms with van der Waals surface area (Å²) in [5, 5.41) is 19.2. The number of ether oxygens (including phenoxy) is 2. The van der Waals surface area contributed by atoms with E-state index in [0.717, 1.165) is 6.26 Å². The van der Waals surface area contributed by atoms with Crippen molar-refractivity contribution in [1.29, 1.82) is 0 Å². The zero-order chi connectivity index (χ0) is 30.6. The Morgan fingerprint density at radius 1 is 1.16 bits per heavy atom. The van der Waals surface area contributed by atoms with E-state index in [1.165, 1.54) is 12.0 Å². The number of anilines is 1. The summed E-state index contributed by atoms with van der Waals surface area (Å²) < 4.78 is 40.7. The average molecular weight is 620 g/mol. The number of likely N-dealkylation sites (tertiary alicyclic amines) is 1. The molecule has 2 fully saturated rings. The number of sulfonamides is 1. The second-order valence-corrected chi connectivity index (χ2v) is 12.8. The summed E-state index contributed by atoms with van der Waals surface area (Å²) in [7, 11) is -1.87. The highest BCUT2D eigenvalue weighted by atomic mass is 32.2. The number of methoxy groups -OCH3 is 1. The molecule has 0 saturated carbocycles. The molecule has 5 aromatic rings. The number of aliphatic hydroxyl groups is 1. The molecule has 2 aliphatic heterocycles. The average Bonchev–Trinajstić information content (AvgIpc) is 3.68. The van der Waals surface area contributed by atoms with Gasteiger partial charge >= 0.3 is 6.09 Å². The molecule has 16 heteroatoms. The van der Waals surface area contributed by atoms with E-state index in [2.05, 4.69) is 14.8 Å². The van der Waals surface area contributed by atoms with Gasteiger partial charge in [-0.05, 0) is 29.8 Å². The molecule has 2 saturated heterocycles. The van der Waals surface area contributed by atoms with Crippen LogP contribution in [0.1, 0.15) is 5.56 Å². The number of aliphatic hydroxyl groups excluding tert-OH is 1. The lowest BCUT2D eigenvalue weighted by Crippen LogP contribution is -2.64. The normalized spacial score (nSPS) is 16.6. The first kappa shape index (κ1) is 28.1. The van der Waals surface area contributed by atoms with Crippen LogP contribution in [0.4, 0.5) is 10.6 Å². The van der Waals surface area contributed by atoms with Crippen LogP contribution in [0.25, 0.3) is 33.5 Å².